The lowest BCUT2D eigenvalue weighted by Gasteiger charge is -2.42. The van der Waals surface area contributed by atoms with E-state index in [9.17, 15) is 5.11 Å². The first-order valence-electron chi connectivity index (χ1n) is 8.69. The zero-order valence-electron chi connectivity index (χ0n) is 14.3. The van der Waals surface area contributed by atoms with Crippen LogP contribution in [0.1, 0.15) is 51.5 Å². The summed E-state index contributed by atoms with van der Waals surface area (Å²) in [6.07, 6.45) is 3.95. The van der Waals surface area contributed by atoms with Crippen LogP contribution in [0.15, 0.2) is 30.3 Å². The molecule has 1 aliphatic carbocycles. The Labute approximate surface area is 140 Å². The fraction of sp³-hybridized carbons (Fsp3) is 0.600. The van der Waals surface area contributed by atoms with Gasteiger partial charge in [-0.05, 0) is 38.8 Å². The van der Waals surface area contributed by atoms with Crippen LogP contribution in [-0.2, 0) is 9.47 Å². The van der Waals surface area contributed by atoms with E-state index >= 15 is 0 Å². The van der Waals surface area contributed by atoms with Gasteiger partial charge in [0.1, 0.15) is 0 Å². The number of aliphatic hydroxyl groups is 1. The molecular formula is C20H28O3. The van der Waals surface area contributed by atoms with Crippen LogP contribution in [0.3, 0.4) is 0 Å². The van der Waals surface area contributed by atoms with E-state index in [2.05, 4.69) is 11.8 Å². The number of benzene rings is 1. The summed E-state index contributed by atoms with van der Waals surface area (Å²) in [4.78, 5) is 0. The molecule has 0 spiro atoms. The Kier molecular flexibility index (Phi) is 7.11. The van der Waals surface area contributed by atoms with E-state index in [1.807, 2.05) is 44.2 Å². The summed E-state index contributed by atoms with van der Waals surface area (Å²) < 4.78 is 11.5. The predicted octanol–water partition coefficient (Wildman–Crippen LogP) is 3.75. The van der Waals surface area contributed by atoms with Gasteiger partial charge >= 0.3 is 0 Å². The normalized spacial score (nSPS) is 24.3. The fourth-order valence-electron chi connectivity index (χ4n) is 3.29. The van der Waals surface area contributed by atoms with E-state index in [0.717, 1.165) is 31.2 Å². The van der Waals surface area contributed by atoms with Crippen LogP contribution in [0, 0.1) is 17.8 Å². The van der Waals surface area contributed by atoms with Gasteiger partial charge in [-0.2, -0.15) is 0 Å². The van der Waals surface area contributed by atoms with Crippen molar-refractivity contribution in [1.82, 2.24) is 0 Å². The highest BCUT2D eigenvalue weighted by molar-refractivity contribution is 5.33. The molecule has 0 bridgehead atoms. The maximum atomic E-state index is 11.2. The molecule has 2 rings (SSSR count). The van der Waals surface area contributed by atoms with Gasteiger partial charge in [0.2, 0.25) is 0 Å². The summed E-state index contributed by atoms with van der Waals surface area (Å²) in [6, 6.07) is 9.90. The SMILES string of the molecule is CCOC(OCC)C1CCCCC1(O)CC#Cc1ccccc1. The first kappa shape index (κ1) is 18.0. The minimum absolute atomic E-state index is 0.0128. The molecule has 0 saturated heterocycles. The van der Waals surface area contributed by atoms with Crippen LogP contribution in [0.5, 0.6) is 0 Å². The quantitative estimate of drug-likeness (QED) is 0.642. The number of hydrogen-bond acceptors (Lipinski definition) is 3. The van der Waals surface area contributed by atoms with Crippen LogP contribution >= 0.6 is 0 Å². The number of hydrogen-bond donors (Lipinski definition) is 1. The molecule has 1 aliphatic rings. The molecule has 1 saturated carbocycles. The van der Waals surface area contributed by atoms with Crippen molar-refractivity contribution in [3.8, 4) is 11.8 Å². The Hall–Kier alpha value is -1.34. The third kappa shape index (κ3) is 5.07. The molecule has 3 nitrogen and oxygen atoms in total. The van der Waals surface area contributed by atoms with Gasteiger partial charge in [0.25, 0.3) is 0 Å². The van der Waals surface area contributed by atoms with Gasteiger partial charge in [-0.1, -0.05) is 42.9 Å². The molecule has 1 aromatic carbocycles. The summed E-state index contributed by atoms with van der Waals surface area (Å²) in [6.45, 7) is 5.10. The molecule has 1 fully saturated rings. The van der Waals surface area contributed by atoms with E-state index in [1.54, 1.807) is 0 Å². The summed E-state index contributed by atoms with van der Waals surface area (Å²) in [5, 5.41) is 11.2. The van der Waals surface area contributed by atoms with Crippen molar-refractivity contribution in [2.24, 2.45) is 5.92 Å². The van der Waals surface area contributed by atoms with Crippen molar-refractivity contribution in [1.29, 1.82) is 0 Å². The van der Waals surface area contributed by atoms with E-state index < -0.39 is 5.60 Å². The Morgan fingerprint density at radius 1 is 1.17 bits per heavy atom. The maximum Gasteiger partial charge on any atom is 0.163 e. The van der Waals surface area contributed by atoms with Crippen LogP contribution in [0.25, 0.3) is 0 Å². The maximum absolute atomic E-state index is 11.2. The van der Waals surface area contributed by atoms with Gasteiger partial charge in [0.05, 0.1) is 5.60 Å². The second-order valence-electron chi connectivity index (χ2n) is 6.08. The molecule has 23 heavy (non-hydrogen) atoms. The van der Waals surface area contributed by atoms with E-state index in [0.29, 0.717) is 19.6 Å². The number of rotatable bonds is 6. The predicted molar refractivity (Wildman–Crippen MR) is 91.9 cm³/mol. The van der Waals surface area contributed by atoms with Crippen LogP contribution in [0.4, 0.5) is 0 Å². The smallest absolute Gasteiger partial charge is 0.163 e. The van der Waals surface area contributed by atoms with Gasteiger partial charge in [-0.25, -0.2) is 0 Å². The van der Waals surface area contributed by atoms with Crippen LogP contribution < -0.4 is 0 Å². The molecule has 0 aliphatic heterocycles. The molecule has 0 heterocycles. The summed E-state index contributed by atoms with van der Waals surface area (Å²) in [5.41, 5.74) is 0.157. The highest BCUT2D eigenvalue weighted by Crippen LogP contribution is 2.39. The minimum Gasteiger partial charge on any atom is -0.388 e. The lowest BCUT2D eigenvalue weighted by Crippen LogP contribution is -2.48. The second kappa shape index (κ2) is 9.08. The summed E-state index contributed by atoms with van der Waals surface area (Å²) >= 11 is 0. The Balaban J connectivity index is 2.10. The van der Waals surface area contributed by atoms with Crippen LogP contribution in [0.2, 0.25) is 0 Å². The van der Waals surface area contributed by atoms with Gasteiger partial charge in [0.15, 0.2) is 6.29 Å². The lowest BCUT2D eigenvalue weighted by molar-refractivity contribution is -0.217. The third-order valence-corrected chi connectivity index (χ3v) is 4.46. The Morgan fingerprint density at radius 2 is 1.87 bits per heavy atom. The van der Waals surface area contributed by atoms with Gasteiger partial charge < -0.3 is 14.6 Å². The lowest BCUT2D eigenvalue weighted by atomic mass is 9.73. The highest BCUT2D eigenvalue weighted by Gasteiger charge is 2.43. The molecular weight excluding hydrogens is 288 g/mol. The molecule has 2 unspecified atom stereocenters. The Morgan fingerprint density at radius 3 is 2.52 bits per heavy atom. The monoisotopic (exact) mass is 316 g/mol. The topological polar surface area (TPSA) is 38.7 Å². The van der Waals surface area contributed by atoms with Crippen molar-refractivity contribution in [3.05, 3.63) is 35.9 Å². The Bertz CT molecular complexity index is 511. The second-order valence-corrected chi connectivity index (χ2v) is 6.08. The van der Waals surface area contributed by atoms with Crippen LogP contribution in [-0.4, -0.2) is 30.2 Å². The molecule has 0 amide bonds. The molecule has 3 heteroatoms. The van der Waals surface area contributed by atoms with E-state index in [-0.39, 0.29) is 12.2 Å². The zero-order chi connectivity index (χ0) is 16.5. The van der Waals surface area contributed by atoms with E-state index in [4.69, 9.17) is 9.47 Å². The highest BCUT2D eigenvalue weighted by atomic mass is 16.7. The molecule has 1 aromatic rings. The molecule has 2 atom stereocenters. The summed E-state index contributed by atoms with van der Waals surface area (Å²) in [5.74, 6) is 6.31. The zero-order valence-corrected chi connectivity index (χ0v) is 14.3. The van der Waals surface area contributed by atoms with Crippen molar-refractivity contribution in [3.63, 3.8) is 0 Å². The standard InChI is InChI=1S/C20H28O3/c1-3-22-19(23-4-2)18-14-8-9-15-20(18,21)16-10-13-17-11-6-5-7-12-17/h5-7,11-12,18-19,21H,3-4,8-9,14-16H2,1-2H3. The van der Waals surface area contributed by atoms with Crippen molar-refractivity contribution < 1.29 is 14.6 Å². The van der Waals surface area contributed by atoms with Crippen molar-refractivity contribution >= 4 is 0 Å². The average Bonchev–Trinajstić information content (AvgIpc) is 2.56. The molecule has 1 N–H and O–H groups in total. The molecule has 0 radical (unpaired) electrons. The largest absolute Gasteiger partial charge is 0.388 e. The van der Waals surface area contributed by atoms with Crippen molar-refractivity contribution in [2.45, 2.75) is 57.8 Å². The molecule has 126 valence electrons. The van der Waals surface area contributed by atoms with Gasteiger partial charge in [-0.15, -0.1) is 0 Å². The van der Waals surface area contributed by atoms with Crippen molar-refractivity contribution in [2.75, 3.05) is 13.2 Å². The summed E-state index contributed by atoms with van der Waals surface area (Å²) in [7, 11) is 0. The molecule has 0 aromatic heterocycles. The first-order valence-corrected chi connectivity index (χ1v) is 8.69. The van der Waals surface area contributed by atoms with E-state index in [1.165, 1.54) is 0 Å². The minimum atomic E-state index is -0.824. The fourth-order valence-corrected chi connectivity index (χ4v) is 3.29. The first-order chi connectivity index (χ1) is 11.2. The third-order valence-electron chi connectivity index (χ3n) is 4.46. The van der Waals surface area contributed by atoms with Gasteiger partial charge in [-0.3, -0.25) is 0 Å². The average molecular weight is 316 g/mol. The number of ether oxygens (including phenoxy) is 2. The van der Waals surface area contributed by atoms with Gasteiger partial charge in [0, 0.05) is 31.1 Å².